The Bertz CT molecular complexity index is 1080. The minimum absolute atomic E-state index is 0.161. The molecule has 1 aromatic heterocycles. The number of benzene rings is 1. The summed E-state index contributed by atoms with van der Waals surface area (Å²) in [6, 6.07) is 6.85. The van der Waals surface area contributed by atoms with Crippen molar-refractivity contribution in [3.05, 3.63) is 65.0 Å². The average Bonchev–Trinajstić information content (AvgIpc) is 3.08. The van der Waals surface area contributed by atoms with Crippen LogP contribution in [0.25, 0.3) is 0 Å². The molecular weight excluding hydrogens is 388 g/mol. The molecule has 5 amide bonds. The van der Waals surface area contributed by atoms with Gasteiger partial charge in [-0.3, -0.25) is 39.2 Å². The van der Waals surface area contributed by atoms with Crippen LogP contribution in [0, 0.1) is 0 Å². The number of likely N-dealkylation sites (N-methyl/N-ethyl adjacent to an activating group) is 1. The summed E-state index contributed by atoms with van der Waals surface area (Å²) < 4.78 is 0. The van der Waals surface area contributed by atoms with E-state index in [4.69, 9.17) is 0 Å². The average molecular weight is 406 g/mol. The quantitative estimate of drug-likeness (QED) is 0.752. The molecule has 0 radical (unpaired) electrons. The molecule has 1 N–H and O–H groups in total. The Balaban J connectivity index is 1.51. The molecule has 1 saturated heterocycles. The van der Waals surface area contributed by atoms with Gasteiger partial charge in [-0.1, -0.05) is 6.07 Å². The van der Waals surface area contributed by atoms with Gasteiger partial charge in [0.05, 0.1) is 0 Å². The van der Waals surface area contributed by atoms with Gasteiger partial charge in [0.15, 0.2) is 0 Å². The number of fused-ring (bicyclic) bond motifs is 1. The summed E-state index contributed by atoms with van der Waals surface area (Å²) in [6.45, 7) is 0.227. The monoisotopic (exact) mass is 406 g/mol. The third kappa shape index (κ3) is 3.34. The van der Waals surface area contributed by atoms with E-state index in [1.165, 1.54) is 48.6 Å². The van der Waals surface area contributed by atoms with Crippen molar-refractivity contribution in [1.29, 1.82) is 0 Å². The third-order valence-electron chi connectivity index (χ3n) is 5.37. The fourth-order valence-corrected chi connectivity index (χ4v) is 3.65. The van der Waals surface area contributed by atoms with Gasteiger partial charge in [-0.05, 0) is 36.2 Å². The number of hydrogen-bond acceptors (Lipinski definition) is 6. The van der Waals surface area contributed by atoms with Gasteiger partial charge in [0, 0.05) is 49.1 Å². The zero-order valence-corrected chi connectivity index (χ0v) is 16.1. The third-order valence-corrected chi connectivity index (χ3v) is 5.37. The number of imide groups is 2. The highest BCUT2D eigenvalue weighted by atomic mass is 16.2. The molecule has 1 atom stereocenters. The first-order valence-electron chi connectivity index (χ1n) is 9.37. The number of carbonyl (C=O) groups is 5. The molecule has 9 heteroatoms. The molecule has 0 spiro atoms. The first kappa shape index (κ1) is 19.4. The highest BCUT2D eigenvalue weighted by molar-refractivity contribution is 6.11. The van der Waals surface area contributed by atoms with Crippen LogP contribution in [0.15, 0.2) is 42.7 Å². The summed E-state index contributed by atoms with van der Waals surface area (Å²) in [5.41, 5.74) is 1.44. The molecule has 1 fully saturated rings. The molecule has 1 aromatic carbocycles. The predicted octanol–water partition coefficient (Wildman–Crippen LogP) is 0.755. The van der Waals surface area contributed by atoms with Crippen LogP contribution in [0.5, 0.6) is 0 Å². The Morgan fingerprint density at radius 1 is 1.03 bits per heavy atom. The molecule has 9 nitrogen and oxygen atoms in total. The lowest BCUT2D eigenvalue weighted by Gasteiger charge is -2.33. The number of pyridine rings is 1. The Kier molecular flexibility index (Phi) is 4.86. The van der Waals surface area contributed by atoms with Gasteiger partial charge in [0.1, 0.15) is 6.04 Å². The fraction of sp³-hybridized carbons (Fsp3) is 0.238. The fourth-order valence-electron chi connectivity index (χ4n) is 3.65. The maximum absolute atomic E-state index is 12.9. The van der Waals surface area contributed by atoms with Crippen molar-refractivity contribution in [2.45, 2.75) is 25.4 Å². The van der Waals surface area contributed by atoms with Crippen molar-refractivity contribution in [3.8, 4) is 0 Å². The predicted molar refractivity (Wildman–Crippen MR) is 103 cm³/mol. The van der Waals surface area contributed by atoms with E-state index in [-0.39, 0.29) is 42.3 Å². The lowest BCUT2D eigenvalue weighted by atomic mass is 10.0. The van der Waals surface area contributed by atoms with Crippen LogP contribution < -0.4 is 5.32 Å². The molecule has 2 aliphatic rings. The Hall–Kier alpha value is -3.88. The van der Waals surface area contributed by atoms with Crippen LogP contribution in [0.2, 0.25) is 0 Å². The number of carbonyl (C=O) groups excluding carboxylic acids is 5. The Morgan fingerprint density at radius 3 is 2.47 bits per heavy atom. The first-order valence-corrected chi connectivity index (χ1v) is 9.37. The maximum atomic E-state index is 12.9. The minimum atomic E-state index is -0.710. The van der Waals surface area contributed by atoms with Crippen LogP contribution in [0.3, 0.4) is 0 Å². The molecule has 1 unspecified atom stereocenters. The van der Waals surface area contributed by atoms with Gasteiger partial charge >= 0.3 is 0 Å². The van der Waals surface area contributed by atoms with Crippen molar-refractivity contribution in [1.82, 2.24) is 20.1 Å². The summed E-state index contributed by atoms with van der Waals surface area (Å²) in [6.07, 6.45) is 3.35. The van der Waals surface area contributed by atoms with Gasteiger partial charge < -0.3 is 4.90 Å². The van der Waals surface area contributed by atoms with Gasteiger partial charge in [-0.2, -0.15) is 0 Å². The van der Waals surface area contributed by atoms with Gasteiger partial charge in [0.2, 0.25) is 5.91 Å². The number of piperidine rings is 1. The number of hydrogen-bond donors (Lipinski definition) is 1. The highest BCUT2D eigenvalue weighted by Crippen LogP contribution is 2.29. The molecule has 0 saturated carbocycles. The molecule has 2 aliphatic heterocycles. The van der Waals surface area contributed by atoms with Gasteiger partial charge in [-0.25, -0.2) is 0 Å². The lowest BCUT2D eigenvalue weighted by Crippen LogP contribution is -2.53. The highest BCUT2D eigenvalue weighted by Gasteiger charge is 2.41. The summed E-state index contributed by atoms with van der Waals surface area (Å²) >= 11 is 0. The normalized spacial score (nSPS) is 18.4. The number of aromatic nitrogens is 1. The number of nitrogens with one attached hydrogen (secondary N) is 1. The van der Waals surface area contributed by atoms with E-state index in [1.807, 2.05) is 0 Å². The second-order valence-corrected chi connectivity index (χ2v) is 7.17. The SMILES string of the molecule is CN1C(=O)CCC(N2Cc3ccc(C(=O)NC(=O)c4ccncc4)cc3C2=O)C1=O. The van der Waals surface area contributed by atoms with E-state index in [1.54, 1.807) is 6.07 Å². The van der Waals surface area contributed by atoms with Crippen molar-refractivity contribution < 1.29 is 24.0 Å². The van der Waals surface area contributed by atoms with Crippen LogP contribution >= 0.6 is 0 Å². The largest absolute Gasteiger partial charge is 0.322 e. The van der Waals surface area contributed by atoms with Crippen molar-refractivity contribution >= 4 is 29.5 Å². The van der Waals surface area contributed by atoms with E-state index in [9.17, 15) is 24.0 Å². The van der Waals surface area contributed by atoms with E-state index >= 15 is 0 Å². The second kappa shape index (κ2) is 7.51. The Morgan fingerprint density at radius 2 is 1.73 bits per heavy atom. The number of amides is 5. The number of rotatable bonds is 3. The standard InChI is InChI=1S/C21H18N4O5/c1-24-17(26)5-4-16(21(24)30)25-11-14-3-2-13(10-15(14)20(25)29)19(28)23-18(27)12-6-8-22-9-7-12/h2-3,6-10,16H,4-5,11H2,1H3,(H,23,27,28). The topological polar surface area (TPSA) is 117 Å². The zero-order chi connectivity index (χ0) is 21.4. The second-order valence-electron chi connectivity index (χ2n) is 7.17. The van der Waals surface area contributed by atoms with Gasteiger partial charge in [-0.15, -0.1) is 0 Å². The Labute approximate surface area is 171 Å². The lowest BCUT2D eigenvalue weighted by molar-refractivity contribution is -0.150. The van der Waals surface area contributed by atoms with E-state index in [2.05, 4.69) is 10.3 Å². The summed E-state index contributed by atoms with van der Waals surface area (Å²) in [5, 5.41) is 2.28. The maximum Gasteiger partial charge on any atom is 0.258 e. The summed E-state index contributed by atoms with van der Waals surface area (Å²) in [5.74, 6) is -2.26. The molecule has 2 aromatic rings. The van der Waals surface area contributed by atoms with E-state index in [0.717, 1.165) is 4.90 Å². The molecular formula is C21H18N4O5. The minimum Gasteiger partial charge on any atom is -0.322 e. The van der Waals surface area contributed by atoms with Crippen LogP contribution in [-0.4, -0.2) is 57.4 Å². The van der Waals surface area contributed by atoms with Crippen LogP contribution in [0.4, 0.5) is 0 Å². The smallest absolute Gasteiger partial charge is 0.258 e. The molecule has 3 heterocycles. The van der Waals surface area contributed by atoms with E-state index in [0.29, 0.717) is 11.1 Å². The number of likely N-dealkylation sites (tertiary alicyclic amines) is 1. The molecule has 0 bridgehead atoms. The molecule has 152 valence electrons. The summed E-state index contributed by atoms with van der Waals surface area (Å²) in [7, 11) is 1.41. The van der Waals surface area contributed by atoms with Gasteiger partial charge in [0.25, 0.3) is 23.6 Å². The molecule has 0 aliphatic carbocycles. The van der Waals surface area contributed by atoms with E-state index < -0.39 is 23.8 Å². The number of nitrogens with zero attached hydrogens (tertiary/aromatic N) is 3. The molecule has 4 rings (SSSR count). The van der Waals surface area contributed by atoms with Crippen molar-refractivity contribution in [2.24, 2.45) is 0 Å². The summed E-state index contributed by atoms with van der Waals surface area (Å²) in [4.78, 5) is 68.0. The van der Waals surface area contributed by atoms with Crippen molar-refractivity contribution in [2.75, 3.05) is 7.05 Å². The van der Waals surface area contributed by atoms with Crippen LogP contribution in [0.1, 0.15) is 49.5 Å². The zero-order valence-electron chi connectivity index (χ0n) is 16.1. The first-order chi connectivity index (χ1) is 14.4. The molecule has 30 heavy (non-hydrogen) atoms. The van der Waals surface area contributed by atoms with Crippen LogP contribution in [-0.2, 0) is 16.1 Å². The van der Waals surface area contributed by atoms with Crippen molar-refractivity contribution in [3.63, 3.8) is 0 Å².